The minimum absolute atomic E-state index is 0.210. The standard InChI is InChI=1S/C17H17FO.C2H7N/c1-19-16-11-5-10-15(18)17(16)14-9-4-7-12-6-2-3-8-13(12)14;1-3-2/h4-5,7,9-11H,2-3,6,8H2,1H3;3H,1-2H3. The summed E-state index contributed by atoms with van der Waals surface area (Å²) in [5.41, 5.74) is 4.24. The highest BCUT2D eigenvalue weighted by atomic mass is 19.1. The molecule has 0 amide bonds. The average molecular weight is 301 g/mol. The summed E-state index contributed by atoms with van der Waals surface area (Å²) >= 11 is 0. The van der Waals surface area contributed by atoms with Crippen LogP contribution in [0.4, 0.5) is 4.39 Å². The van der Waals surface area contributed by atoms with Crippen LogP contribution in [0.2, 0.25) is 0 Å². The number of nitrogens with one attached hydrogen (secondary N) is 1. The van der Waals surface area contributed by atoms with Gasteiger partial charge in [0.05, 0.1) is 12.7 Å². The van der Waals surface area contributed by atoms with E-state index in [1.807, 2.05) is 32.3 Å². The maximum absolute atomic E-state index is 14.2. The molecule has 0 radical (unpaired) electrons. The maximum Gasteiger partial charge on any atom is 0.134 e. The van der Waals surface area contributed by atoms with Crippen molar-refractivity contribution in [3.05, 3.63) is 53.3 Å². The molecule has 3 rings (SSSR count). The van der Waals surface area contributed by atoms with E-state index >= 15 is 0 Å². The van der Waals surface area contributed by atoms with Crippen LogP contribution >= 0.6 is 0 Å². The Hall–Kier alpha value is -1.87. The highest BCUT2D eigenvalue weighted by molar-refractivity contribution is 5.75. The summed E-state index contributed by atoms with van der Waals surface area (Å²) in [7, 11) is 5.34. The maximum atomic E-state index is 14.2. The van der Waals surface area contributed by atoms with Crippen LogP contribution in [0.1, 0.15) is 24.0 Å². The van der Waals surface area contributed by atoms with E-state index in [0.717, 1.165) is 18.4 Å². The van der Waals surface area contributed by atoms with Gasteiger partial charge in [0.15, 0.2) is 0 Å². The molecule has 118 valence electrons. The Balaban J connectivity index is 0.000000545. The Morgan fingerprint density at radius 1 is 1.00 bits per heavy atom. The van der Waals surface area contributed by atoms with Crippen molar-refractivity contribution in [1.29, 1.82) is 0 Å². The van der Waals surface area contributed by atoms with Crippen molar-refractivity contribution >= 4 is 0 Å². The van der Waals surface area contributed by atoms with Gasteiger partial charge in [-0.3, -0.25) is 0 Å². The molecule has 2 aromatic carbocycles. The van der Waals surface area contributed by atoms with Crippen LogP contribution in [-0.4, -0.2) is 21.2 Å². The van der Waals surface area contributed by atoms with Gasteiger partial charge in [0, 0.05) is 0 Å². The Labute approximate surface area is 132 Å². The molecule has 0 aromatic heterocycles. The van der Waals surface area contributed by atoms with Gasteiger partial charge in [-0.1, -0.05) is 24.3 Å². The molecular weight excluding hydrogens is 277 g/mol. The summed E-state index contributed by atoms with van der Waals surface area (Å²) in [6, 6.07) is 11.2. The molecule has 1 N–H and O–H groups in total. The van der Waals surface area contributed by atoms with Crippen molar-refractivity contribution < 1.29 is 9.13 Å². The van der Waals surface area contributed by atoms with Gasteiger partial charge in [-0.15, -0.1) is 0 Å². The Morgan fingerprint density at radius 3 is 2.41 bits per heavy atom. The van der Waals surface area contributed by atoms with E-state index in [4.69, 9.17) is 4.74 Å². The third-order valence-electron chi connectivity index (χ3n) is 3.86. The van der Waals surface area contributed by atoms with Gasteiger partial charge < -0.3 is 10.1 Å². The third kappa shape index (κ3) is 3.47. The number of fused-ring (bicyclic) bond motifs is 1. The van der Waals surface area contributed by atoms with Gasteiger partial charge in [0.2, 0.25) is 0 Å². The molecular formula is C19H24FNO. The van der Waals surface area contributed by atoms with Gasteiger partial charge in [-0.25, -0.2) is 4.39 Å². The number of benzene rings is 2. The molecule has 0 aliphatic heterocycles. The summed E-state index contributed by atoms with van der Waals surface area (Å²) in [4.78, 5) is 0. The van der Waals surface area contributed by atoms with E-state index in [2.05, 4.69) is 11.4 Å². The molecule has 0 fully saturated rings. The monoisotopic (exact) mass is 301 g/mol. The zero-order valence-electron chi connectivity index (χ0n) is 13.6. The molecule has 0 bridgehead atoms. The lowest BCUT2D eigenvalue weighted by Gasteiger charge is -2.20. The van der Waals surface area contributed by atoms with Crippen molar-refractivity contribution in [1.82, 2.24) is 5.32 Å². The summed E-state index contributed by atoms with van der Waals surface area (Å²) in [5.74, 6) is 0.400. The second kappa shape index (κ2) is 7.95. The minimum atomic E-state index is -0.210. The van der Waals surface area contributed by atoms with E-state index in [0.29, 0.717) is 11.3 Å². The number of aryl methyl sites for hydroxylation is 1. The first-order chi connectivity index (χ1) is 10.7. The Kier molecular flexibility index (Phi) is 5.96. The van der Waals surface area contributed by atoms with Gasteiger partial charge in [-0.05, 0) is 68.6 Å². The first-order valence-electron chi connectivity index (χ1n) is 7.75. The van der Waals surface area contributed by atoms with Crippen LogP contribution in [0.25, 0.3) is 11.1 Å². The molecule has 0 saturated carbocycles. The summed E-state index contributed by atoms with van der Waals surface area (Å²) < 4.78 is 19.5. The van der Waals surface area contributed by atoms with Crippen LogP contribution < -0.4 is 10.1 Å². The number of halogens is 1. The molecule has 2 nitrogen and oxygen atoms in total. The van der Waals surface area contributed by atoms with E-state index in [1.54, 1.807) is 13.2 Å². The normalized spacial score (nSPS) is 12.9. The summed E-state index contributed by atoms with van der Waals surface area (Å²) in [5, 5.41) is 2.75. The highest BCUT2D eigenvalue weighted by Crippen LogP contribution is 2.38. The predicted molar refractivity (Wildman–Crippen MR) is 90.0 cm³/mol. The van der Waals surface area contributed by atoms with Crippen molar-refractivity contribution in [2.24, 2.45) is 0 Å². The zero-order valence-corrected chi connectivity index (χ0v) is 13.6. The average Bonchev–Trinajstić information content (AvgIpc) is 2.55. The fourth-order valence-corrected chi connectivity index (χ4v) is 2.95. The number of methoxy groups -OCH3 is 1. The number of hydrogen-bond acceptors (Lipinski definition) is 2. The van der Waals surface area contributed by atoms with Gasteiger partial charge in [0.1, 0.15) is 11.6 Å². The quantitative estimate of drug-likeness (QED) is 0.897. The van der Waals surface area contributed by atoms with Crippen LogP contribution in [0.15, 0.2) is 36.4 Å². The summed E-state index contributed by atoms with van der Waals surface area (Å²) in [6.45, 7) is 0. The largest absolute Gasteiger partial charge is 0.496 e. The third-order valence-corrected chi connectivity index (χ3v) is 3.86. The molecule has 0 unspecified atom stereocenters. The number of rotatable bonds is 2. The van der Waals surface area contributed by atoms with Crippen molar-refractivity contribution in [3.8, 4) is 16.9 Å². The predicted octanol–water partition coefficient (Wildman–Crippen LogP) is 4.22. The summed E-state index contributed by atoms with van der Waals surface area (Å²) in [6.07, 6.45) is 4.54. The lowest BCUT2D eigenvalue weighted by Crippen LogP contribution is -2.05. The fraction of sp³-hybridized carbons (Fsp3) is 0.368. The van der Waals surface area contributed by atoms with Crippen LogP contribution in [0.3, 0.4) is 0 Å². The highest BCUT2D eigenvalue weighted by Gasteiger charge is 2.18. The lowest BCUT2D eigenvalue weighted by atomic mass is 9.85. The molecule has 0 spiro atoms. The molecule has 1 aliphatic carbocycles. The number of ether oxygens (including phenoxy) is 1. The van der Waals surface area contributed by atoms with Crippen molar-refractivity contribution in [2.45, 2.75) is 25.7 Å². The lowest BCUT2D eigenvalue weighted by molar-refractivity contribution is 0.413. The Bertz CT molecular complexity index is 625. The van der Waals surface area contributed by atoms with E-state index in [1.165, 1.54) is 30.0 Å². The number of hydrogen-bond donors (Lipinski definition) is 1. The van der Waals surface area contributed by atoms with Crippen molar-refractivity contribution in [3.63, 3.8) is 0 Å². The topological polar surface area (TPSA) is 21.3 Å². The minimum Gasteiger partial charge on any atom is -0.496 e. The van der Waals surface area contributed by atoms with E-state index in [9.17, 15) is 4.39 Å². The van der Waals surface area contributed by atoms with Gasteiger partial charge in [0.25, 0.3) is 0 Å². The molecule has 0 heterocycles. The molecule has 0 saturated heterocycles. The first kappa shape index (κ1) is 16.5. The van der Waals surface area contributed by atoms with E-state index in [-0.39, 0.29) is 5.82 Å². The van der Waals surface area contributed by atoms with E-state index < -0.39 is 0 Å². The molecule has 1 aliphatic rings. The van der Waals surface area contributed by atoms with Gasteiger partial charge >= 0.3 is 0 Å². The zero-order chi connectivity index (χ0) is 15.9. The first-order valence-corrected chi connectivity index (χ1v) is 7.75. The molecule has 2 aromatic rings. The van der Waals surface area contributed by atoms with Crippen molar-refractivity contribution in [2.75, 3.05) is 21.2 Å². The van der Waals surface area contributed by atoms with Crippen LogP contribution in [0.5, 0.6) is 5.75 Å². The fourth-order valence-electron chi connectivity index (χ4n) is 2.95. The molecule has 22 heavy (non-hydrogen) atoms. The van der Waals surface area contributed by atoms with Crippen LogP contribution in [-0.2, 0) is 12.8 Å². The smallest absolute Gasteiger partial charge is 0.134 e. The Morgan fingerprint density at radius 2 is 1.68 bits per heavy atom. The molecule has 0 atom stereocenters. The van der Waals surface area contributed by atoms with Gasteiger partial charge in [-0.2, -0.15) is 0 Å². The molecule has 3 heteroatoms. The second-order valence-corrected chi connectivity index (χ2v) is 5.47. The SMILES string of the molecule is CNC.COc1cccc(F)c1-c1cccc2c1CCCC2. The second-order valence-electron chi connectivity index (χ2n) is 5.47. The van der Waals surface area contributed by atoms with Crippen LogP contribution in [0, 0.1) is 5.82 Å².